The van der Waals surface area contributed by atoms with Crippen molar-refractivity contribution in [1.82, 2.24) is 0 Å². The molecule has 0 aliphatic heterocycles. The number of rotatable bonds is 1. The summed E-state index contributed by atoms with van der Waals surface area (Å²) in [6.07, 6.45) is 0. The van der Waals surface area contributed by atoms with Crippen LogP contribution in [0.1, 0.15) is 13.8 Å². The van der Waals surface area contributed by atoms with Gasteiger partial charge in [-0.1, -0.05) is 0 Å². The predicted molar refractivity (Wildman–Crippen MR) is 49.8 cm³/mol. The Morgan fingerprint density at radius 2 is 1.18 bits per heavy atom. The molecular formula is C6H12Cl2FeN2. The van der Waals surface area contributed by atoms with Crippen molar-refractivity contribution in [2.24, 2.45) is 9.98 Å². The molecule has 0 fully saturated rings. The van der Waals surface area contributed by atoms with Gasteiger partial charge in [0.1, 0.15) is 0 Å². The summed E-state index contributed by atoms with van der Waals surface area (Å²) in [7, 11) is 13.1. The maximum atomic E-state index is 4.76. The van der Waals surface area contributed by atoms with E-state index in [2.05, 4.69) is 9.98 Å². The summed E-state index contributed by atoms with van der Waals surface area (Å²) in [5.74, 6) is 0. The first-order valence-electron chi connectivity index (χ1n) is 2.86. The molecule has 0 aliphatic rings. The van der Waals surface area contributed by atoms with E-state index in [9.17, 15) is 0 Å². The predicted octanol–water partition coefficient (Wildman–Crippen LogP) is 2.54. The van der Waals surface area contributed by atoms with Gasteiger partial charge in [0.05, 0.1) is 11.4 Å². The fourth-order valence-electron chi connectivity index (χ4n) is 0.324. The van der Waals surface area contributed by atoms with Crippen molar-refractivity contribution in [3.05, 3.63) is 0 Å². The van der Waals surface area contributed by atoms with Crippen LogP contribution in [0.25, 0.3) is 0 Å². The molecule has 68 valence electrons. The van der Waals surface area contributed by atoms with Crippen LogP contribution in [0.15, 0.2) is 9.98 Å². The standard InChI is InChI=1S/C6H12N2.2ClH.Fe/c1-5(7-3)6(2)8-4;;;/h1-4H3;2*1H;/q;;;+2/p-2. The van der Waals surface area contributed by atoms with Gasteiger partial charge in [0.15, 0.2) is 0 Å². The number of aliphatic imine (C=N–C) groups is 2. The first-order chi connectivity index (χ1) is 5.13. The Bertz CT molecular complexity index is 130. The van der Waals surface area contributed by atoms with Crippen LogP contribution in [-0.4, -0.2) is 25.5 Å². The van der Waals surface area contributed by atoms with Gasteiger partial charge in [0, 0.05) is 14.1 Å². The van der Waals surface area contributed by atoms with Crippen molar-refractivity contribution in [2.75, 3.05) is 14.1 Å². The van der Waals surface area contributed by atoms with E-state index >= 15 is 0 Å². The zero-order valence-electron chi connectivity index (χ0n) is 7.00. The van der Waals surface area contributed by atoms with Crippen molar-refractivity contribution in [2.45, 2.75) is 13.8 Å². The maximum absolute atomic E-state index is 4.76. The van der Waals surface area contributed by atoms with Gasteiger partial charge in [-0.05, 0) is 13.8 Å². The van der Waals surface area contributed by atoms with Crippen molar-refractivity contribution >= 4 is 31.6 Å². The van der Waals surface area contributed by atoms with Gasteiger partial charge in [-0.2, -0.15) is 0 Å². The van der Waals surface area contributed by atoms with E-state index in [1.165, 1.54) is 0 Å². The third-order valence-corrected chi connectivity index (χ3v) is 1.19. The molecule has 11 heavy (non-hydrogen) atoms. The monoisotopic (exact) mass is 238 g/mol. The fraction of sp³-hybridized carbons (Fsp3) is 0.667. The quantitative estimate of drug-likeness (QED) is 0.496. The Balaban J connectivity index is 0. The van der Waals surface area contributed by atoms with Crippen LogP contribution in [0.3, 0.4) is 0 Å². The molecule has 0 aromatic rings. The average molecular weight is 239 g/mol. The molecule has 0 radical (unpaired) electrons. The van der Waals surface area contributed by atoms with Crippen LogP contribution in [0.4, 0.5) is 0 Å². The number of nitrogens with zero attached hydrogens (tertiary/aromatic N) is 2. The molecule has 0 aromatic carbocycles. The van der Waals surface area contributed by atoms with Crippen molar-refractivity contribution in [3.8, 4) is 0 Å². The van der Waals surface area contributed by atoms with Gasteiger partial charge >= 0.3 is 33.3 Å². The van der Waals surface area contributed by atoms with Crippen LogP contribution >= 0.6 is 20.2 Å². The Kier molecular flexibility index (Phi) is 13.3. The van der Waals surface area contributed by atoms with Crippen molar-refractivity contribution in [3.63, 3.8) is 0 Å². The van der Waals surface area contributed by atoms with E-state index in [1.807, 2.05) is 13.8 Å². The molecule has 0 N–H and O–H groups in total. The molecule has 0 spiro atoms. The Morgan fingerprint density at radius 3 is 1.27 bits per heavy atom. The molecule has 0 amide bonds. The van der Waals surface area contributed by atoms with Crippen LogP contribution in [0.5, 0.6) is 0 Å². The second-order valence-corrected chi connectivity index (χ2v) is 3.49. The van der Waals surface area contributed by atoms with E-state index in [4.69, 9.17) is 20.2 Å². The number of hydrogen-bond donors (Lipinski definition) is 0. The summed E-state index contributed by atoms with van der Waals surface area (Å²) >= 11 is 0.194. The van der Waals surface area contributed by atoms with Crippen LogP contribution in [-0.2, 0) is 13.1 Å². The van der Waals surface area contributed by atoms with Crippen LogP contribution in [0.2, 0.25) is 0 Å². The molecule has 0 unspecified atom stereocenters. The zero-order chi connectivity index (χ0) is 9.28. The topological polar surface area (TPSA) is 24.7 Å². The molecule has 0 aliphatic carbocycles. The summed E-state index contributed by atoms with van der Waals surface area (Å²) in [6.45, 7) is 3.89. The molecular weight excluding hydrogens is 227 g/mol. The van der Waals surface area contributed by atoms with Gasteiger partial charge in [0.25, 0.3) is 0 Å². The second-order valence-electron chi connectivity index (χ2n) is 1.67. The third-order valence-electron chi connectivity index (χ3n) is 1.19. The zero-order valence-corrected chi connectivity index (χ0v) is 9.62. The summed E-state index contributed by atoms with van der Waals surface area (Å²) < 4.78 is 0. The molecule has 0 saturated carbocycles. The Hall–Kier alpha value is 0.439. The van der Waals surface area contributed by atoms with Crippen LogP contribution in [0, 0.1) is 0 Å². The summed E-state index contributed by atoms with van der Waals surface area (Å²) in [5.41, 5.74) is 2.01. The molecule has 5 heteroatoms. The first-order valence-corrected chi connectivity index (χ1v) is 5.90. The van der Waals surface area contributed by atoms with Gasteiger partial charge in [-0.25, -0.2) is 0 Å². The normalized spacial score (nSPS) is 12.5. The van der Waals surface area contributed by atoms with E-state index in [1.54, 1.807) is 14.1 Å². The summed E-state index contributed by atoms with van der Waals surface area (Å²) in [5, 5.41) is 0. The minimum atomic E-state index is 0.194. The van der Waals surface area contributed by atoms with Crippen LogP contribution < -0.4 is 0 Å². The van der Waals surface area contributed by atoms with Crippen molar-refractivity contribution < 1.29 is 13.1 Å². The average Bonchev–Trinajstić information content (AvgIpc) is 2.03. The van der Waals surface area contributed by atoms with E-state index in [-0.39, 0.29) is 13.1 Å². The molecule has 0 bridgehead atoms. The second kappa shape index (κ2) is 10.4. The minimum absolute atomic E-state index is 0.194. The van der Waals surface area contributed by atoms with Gasteiger partial charge in [-0.15, -0.1) is 0 Å². The first kappa shape index (κ1) is 14.0. The summed E-state index contributed by atoms with van der Waals surface area (Å²) in [4.78, 5) is 7.89. The fourth-order valence-corrected chi connectivity index (χ4v) is 0.324. The Labute approximate surface area is 82.7 Å². The molecule has 0 saturated heterocycles. The van der Waals surface area contributed by atoms with E-state index < -0.39 is 0 Å². The van der Waals surface area contributed by atoms with E-state index in [0.717, 1.165) is 11.4 Å². The summed E-state index contributed by atoms with van der Waals surface area (Å²) in [6, 6.07) is 0. The van der Waals surface area contributed by atoms with Gasteiger partial charge in [0.2, 0.25) is 0 Å². The van der Waals surface area contributed by atoms with E-state index in [0.29, 0.717) is 0 Å². The van der Waals surface area contributed by atoms with Gasteiger partial charge in [-0.3, -0.25) is 9.98 Å². The molecule has 0 heterocycles. The molecule has 2 nitrogen and oxygen atoms in total. The van der Waals surface area contributed by atoms with Crippen molar-refractivity contribution in [1.29, 1.82) is 0 Å². The molecule has 0 rings (SSSR count). The third kappa shape index (κ3) is 10.4. The SMILES string of the molecule is CN=C(C)C(C)=NC.[Cl][Fe][Cl]. The van der Waals surface area contributed by atoms with Gasteiger partial charge < -0.3 is 0 Å². The molecule has 0 atom stereocenters. The molecule has 0 aromatic heterocycles. The Morgan fingerprint density at radius 1 is 1.00 bits per heavy atom. The number of hydrogen-bond acceptors (Lipinski definition) is 2. The number of halogens is 2.